The second-order valence-electron chi connectivity index (χ2n) is 6.32. The smallest absolute Gasteiger partial charge is 0.253 e. The fraction of sp³-hybridized carbons (Fsp3) is 0.333. The van der Waals surface area contributed by atoms with Gasteiger partial charge in [0.25, 0.3) is 5.91 Å². The molecule has 0 atom stereocenters. The number of nitrogens with zero attached hydrogens (tertiary/aromatic N) is 2. The van der Waals surface area contributed by atoms with E-state index in [0.717, 1.165) is 23.8 Å². The first-order valence-electron chi connectivity index (χ1n) is 9.20. The number of hydrogen-bond acceptors (Lipinski definition) is 3. The van der Waals surface area contributed by atoms with E-state index in [1.807, 2.05) is 43.3 Å². The fourth-order valence-corrected chi connectivity index (χ4v) is 2.52. The number of carbonyl (C=O) groups excluding carboxylic acids is 1. The number of carbonyl (C=O) groups is 1. The lowest BCUT2D eigenvalue weighted by Crippen LogP contribution is -2.39. The molecule has 0 radical (unpaired) electrons. The van der Waals surface area contributed by atoms with Gasteiger partial charge in [-0.2, -0.15) is 0 Å². The van der Waals surface area contributed by atoms with Crippen molar-refractivity contribution in [3.05, 3.63) is 64.7 Å². The van der Waals surface area contributed by atoms with Gasteiger partial charge in [-0.3, -0.25) is 4.79 Å². The molecule has 2 N–H and O–H groups in total. The number of hydrogen-bond donors (Lipinski definition) is 2. The molecule has 2 aromatic rings. The van der Waals surface area contributed by atoms with Gasteiger partial charge in [0.15, 0.2) is 5.96 Å². The Morgan fingerprint density at radius 1 is 1.07 bits per heavy atom. The van der Waals surface area contributed by atoms with Gasteiger partial charge in [-0.1, -0.05) is 23.7 Å². The van der Waals surface area contributed by atoms with Crippen LogP contribution in [0.1, 0.15) is 22.8 Å². The molecule has 1 amide bonds. The molecule has 0 aromatic heterocycles. The summed E-state index contributed by atoms with van der Waals surface area (Å²) in [6, 6.07) is 14.8. The van der Waals surface area contributed by atoms with Crippen LogP contribution in [0.5, 0.6) is 5.75 Å². The summed E-state index contributed by atoms with van der Waals surface area (Å²) in [6.45, 7) is 4.42. The van der Waals surface area contributed by atoms with Crippen molar-refractivity contribution < 1.29 is 9.53 Å². The van der Waals surface area contributed by atoms with Gasteiger partial charge in [0.05, 0.1) is 13.1 Å². The summed E-state index contributed by atoms with van der Waals surface area (Å²) >= 11 is 5.86. The highest BCUT2D eigenvalue weighted by Crippen LogP contribution is 2.15. The Morgan fingerprint density at radius 3 is 2.31 bits per heavy atom. The van der Waals surface area contributed by atoms with E-state index in [2.05, 4.69) is 15.6 Å². The highest BCUT2D eigenvalue weighted by atomic mass is 127. The van der Waals surface area contributed by atoms with Gasteiger partial charge >= 0.3 is 0 Å². The predicted octanol–water partition coefficient (Wildman–Crippen LogP) is 3.79. The van der Waals surface area contributed by atoms with Crippen molar-refractivity contribution in [2.24, 2.45) is 4.99 Å². The first-order chi connectivity index (χ1) is 13.5. The molecule has 0 unspecified atom stereocenters. The average molecular weight is 531 g/mol. The minimum atomic E-state index is -0.00857. The predicted molar refractivity (Wildman–Crippen MR) is 130 cm³/mol. The van der Waals surface area contributed by atoms with Crippen LogP contribution in [-0.4, -0.2) is 50.6 Å². The Labute approximate surface area is 194 Å². The molecule has 0 saturated carbocycles. The van der Waals surface area contributed by atoms with E-state index in [1.165, 1.54) is 0 Å². The summed E-state index contributed by atoms with van der Waals surface area (Å²) in [4.78, 5) is 18.1. The second-order valence-corrected chi connectivity index (χ2v) is 6.76. The van der Waals surface area contributed by atoms with E-state index in [1.54, 1.807) is 31.1 Å². The molecule has 2 aromatic carbocycles. The number of aliphatic imine (C=N–C) groups is 1. The zero-order valence-electron chi connectivity index (χ0n) is 16.9. The molecule has 6 nitrogen and oxygen atoms in total. The molecule has 8 heteroatoms. The summed E-state index contributed by atoms with van der Waals surface area (Å²) in [6.07, 6.45) is 0. The quantitative estimate of drug-likeness (QED) is 0.236. The van der Waals surface area contributed by atoms with Crippen LogP contribution in [0.2, 0.25) is 5.02 Å². The van der Waals surface area contributed by atoms with E-state index in [4.69, 9.17) is 16.3 Å². The Morgan fingerprint density at radius 2 is 1.72 bits per heavy atom. The lowest BCUT2D eigenvalue weighted by atomic mass is 10.1. The third-order valence-electron chi connectivity index (χ3n) is 3.85. The number of ether oxygens (including phenoxy) is 1. The minimum absolute atomic E-state index is 0. The second kappa shape index (κ2) is 13.3. The highest BCUT2D eigenvalue weighted by Gasteiger charge is 2.07. The molecular formula is C21H28ClIN4O2. The summed E-state index contributed by atoms with van der Waals surface area (Å²) < 4.78 is 5.67. The number of benzene rings is 2. The molecule has 29 heavy (non-hydrogen) atoms. The molecule has 0 aliphatic heterocycles. The molecule has 2 rings (SSSR count). The first kappa shape index (κ1) is 25.0. The van der Waals surface area contributed by atoms with E-state index in [0.29, 0.717) is 30.3 Å². The minimum Gasteiger partial charge on any atom is -0.492 e. The molecule has 0 spiro atoms. The molecule has 0 saturated heterocycles. The van der Waals surface area contributed by atoms with Gasteiger partial charge in [-0.05, 0) is 48.9 Å². The SMILES string of the molecule is CCNC(=NCc1ccc(C(=O)N(C)C)cc1)NCCOc1ccc(Cl)cc1.I. The lowest BCUT2D eigenvalue weighted by molar-refractivity contribution is 0.0827. The molecule has 0 fully saturated rings. The normalized spacial score (nSPS) is 10.7. The van der Waals surface area contributed by atoms with Crippen LogP contribution in [0.25, 0.3) is 0 Å². The van der Waals surface area contributed by atoms with Gasteiger partial charge in [0.1, 0.15) is 12.4 Å². The standard InChI is InChI=1S/C21H27ClN4O2.HI/c1-4-23-21(24-13-14-28-19-11-9-18(22)10-12-19)25-15-16-5-7-17(8-6-16)20(27)26(2)3;/h5-12H,4,13-15H2,1-3H3,(H2,23,24,25);1H. The molecule has 0 heterocycles. The largest absolute Gasteiger partial charge is 0.492 e. The monoisotopic (exact) mass is 530 g/mol. The number of guanidine groups is 1. The summed E-state index contributed by atoms with van der Waals surface area (Å²) in [5.74, 6) is 1.49. The topological polar surface area (TPSA) is 66.0 Å². The van der Waals surface area contributed by atoms with Crippen LogP contribution in [0, 0.1) is 0 Å². The van der Waals surface area contributed by atoms with Crippen LogP contribution < -0.4 is 15.4 Å². The van der Waals surface area contributed by atoms with Crippen molar-refractivity contribution in [3.63, 3.8) is 0 Å². The Balaban J connectivity index is 0.00000420. The number of nitrogens with one attached hydrogen (secondary N) is 2. The fourth-order valence-electron chi connectivity index (χ4n) is 2.39. The van der Waals surface area contributed by atoms with Crippen LogP contribution in [-0.2, 0) is 6.54 Å². The summed E-state index contributed by atoms with van der Waals surface area (Å²) in [5, 5.41) is 7.14. The van der Waals surface area contributed by atoms with Crippen molar-refractivity contribution in [2.45, 2.75) is 13.5 Å². The van der Waals surface area contributed by atoms with Gasteiger partial charge in [-0.25, -0.2) is 4.99 Å². The van der Waals surface area contributed by atoms with Crippen molar-refractivity contribution >= 4 is 47.4 Å². The average Bonchev–Trinajstić information content (AvgIpc) is 2.70. The zero-order valence-corrected chi connectivity index (χ0v) is 20.0. The third kappa shape index (κ3) is 8.91. The molecule has 158 valence electrons. The van der Waals surface area contributed by atoms with Gasteiger partial charge in [-0.15, -0.1) is 24.0 Å². The Bertz CT molecular complexity index is 780. The summed E-state index contributed by atoms with van der Waals surface area (Å²) in [7, 11) is 3.48. The maximum absolute atomic E-state index is 11.9. The first-order valence-corrected chi connectivity index (χ1v) is 9.58. The van der Waals surface area contributed by atoms with Crippen molar-refractivity contribution in [2.75, 3.05) is 33.8 Å². The van der Waals surface area contributed by atoms with E-state index in [9.17, 15) is 4.79 Å². The van der Waals surface area contributed by atoms with E-state index in [-0.39, 0.29) is 29.9 Å². The van der Waals surface area contributed by atoms with Crippen molar-refractivity contribution in [1.29, 1.82) is 0 Å². The third-order valence-corrected chi connectivity index (χ3v) is 4.10. The maximum Gasteiger partial charge on any atom is 0.253 e. The van der Waals surface area contributed by atoms with E-state index < -0.39 is 0 Å². The molecule has 0 bridgehead atoms. The molecule has 0 aliphatic carbocycles. The zero-order chi connectivity index (χ0) is 20.4. The maximum atomic E-state index is 11.9. The molecule has 0 aliphatic rings. The Hall–Kier alpha value is -2.00. The molecular weight excluding hydrogens is 503 g/mol. The van der Waals surface area contributed by atoms with Gasteiger partial charge in [0.2, 0.25) is 0 Å². The van der Waals surface area contributed by atoms with Gasteiger partial charge < -0.3 is 20.3 Å². The number of amides is 1. The highest BCUT2D eigenvalue weighted by molar-refractivity contribution is 14.0. The number of rotatable bonds is 8. The van der Waals surface area contributed by atoms with Crippen LogP contribution in [0.3, 0.4) is 0 Å². The van der Waals surface area contributed by atoms with Crippen LogP contribution in [0.4, 0.5) is 0 Å². The van der Waals surface area contributed by atoms with Crippen LogP contribution >= 0.6 is 35.6 Å². The van der Waals surface area contributed by atoms with Crippen LogP contribution in [0.15, 0.2) is 53.5 Å². The van der Waals surface area contributed by atoms with Crippen molar-refractivity contribution in [3.8, 4) is 5.75 Å². The van der Waals surface area contributed by atoms with Gasteiger partial charge in [0, 0.05) is 31.2 Å². The Kier molecular flexibility index (Phi) is 11.5. The summed E-state index contributed by atoms with van der Waals surface area (Å²) in [5.41, 5.74) is 1.70. The lowest BCUT2D eigenvalue weighted by Gasteiger charge is -2.12. The van der Waals surface area contributed by atoms with Crippen molar-refractivity contribution in [1.82, 2.24) is 15.5 Å². The van der Waals surface area contributed by atoms with E-state index >= 15 is 0 Å². The number of halogens is 2.